The molecule has 1 aromatic heterocycles. The van der Waals surface area contributed by atoms with Gasteiger partial charge in [-0.25, -0.2) is 9.79 Å². The van der Waals surface area contributed by atoms with Gasteiger partial charge in [-0.05, 0) is 97.0 Å². The molecule has 0 amide bonds. The first kappa shape index (κ1) is 33.1. The van der Waals surface area contributed by atoms with E-state index in [1.54, 1.807) is 43.7 Å². The van der Waals surface area contributed by atoms with Crippen molar-refractivity contribution in [2.24, 2.45) is 4.99 Å². The zero-order chi connectivity index (χ0) is 32.2. The number of hydrogen-bond donors (Lipinski definition) is 0. The molecule has 1 atom stereocenters. The van der Waals surface area contributed by atoms with E-state index in [-0.39, 0.29) is 18.8 Å². The third-order valence-electron chi connectivity index (χ3n) is 6.95. The van der Waals surface area contributed by atoms with Gasteiger partial charge in [0.1, 0.15) is 12.4 Å². The number of halogens is 3. The van der Waals surface area contributed by atoms with Crippen molar-refractivity contribution in [3.05, 3.63) is 116 Å². The van der Waals surface area contributed by atoms with Gasteiger partial charge in [-0.1, -0.05) is 52.7 Å². The lowest BCUT2D eigenvalue weighted by Gasteiger charge is -2.24. The van der Waals surface area contributed by atoms with Gasteiger partial charge in [0.15, 0.2) is 16.3 Å². The van der Waals surface area contributed by atoms with E-state index in [2.05, 4.69) is 27.6 Å². The second kappa shape index (κ2) is 14.4. The molecule has 0 bridgehead atoms. The molecule has 4 aromatic rings. The molecule has 0 N–H and O–H groups in total. The molecule has 0 saturated carbocycles. The second-order valence-corrected chi connectivity index (χ2v) is 12.9. The fraction of sp³-hybridized carbons (Fsp3) is 0.242. The first-order chi connectivity index (χ1) is 21.6. The monoisotopic (exact) mass is 778 g/mol. The van der Waals surface area contributed by atoms with Gasteiger partial charge in [-0.3, -0.25) is 9.36 Å². The first-order valence-electron chi connectivity index (χ1n) is 14.0. The summed E-state index contributed by atoms with van der Waals surface area (Å²) in [6.45, 7) is 6.30. The third kappa shape index (κ3) is 7.09. The van der Waals surface area contributed by atoms with Crippen molar-refractivity contribution >= 4 is 69.2 Å². The highest BCUT2D eigenvalue weighted by atomic mass is 127. The minimum atomic E-state index is -0.742. The lowest BCUT2D eigenvalue weighted by molar-refractivity contribution is -0.139. The summed E-state index contributed by atoms with van der Waals surface area (Å²) in [6, 6.07) is 15.6. The minimum absolute atomic E-state index is 0.190. The van der Waals surface area contributed by atoms with Crippen LogP contribution >= 0.6 is 57.1 Å². The molecule has 12 heteroatoms. The van der Waals surface area contributed by atoms with Gasteiger partial charge in [0.25, 0.3) is 5.56 Å². The summed E-state index contributed by atoms with van der Waals surface area (Å²) in [5, 5.41) is 0.876. The molecule has 0 aliphatic carbocycles. The summed E-state index contributed by atoms with van der Waals surface area (Å²) in [5.41, 5.74) is 2.67. The number of aromatic nitrogens is 1. The van der Waals surface area contributed by atoms with Crippen LogP contribution in [-0.2, 0) is 16.1 Å². The van der Waals surface area contributed by atoms with E-state index in [9.17, 15) is 9.59 Å². The normalized spacial score (nSPS) is 14.6. The van der Waals surface area contributed by atoms with Gasteiger partial charge in [0, 0.05) is 9.13 Å². The SMILES string of the molecule is CCOC(=O)C1=C(C)N=c2s/c(=C\c3cc(I)cc(OC)c3OCc3ccc(Cl)c(Cl)c3)c(=O)n2[C@@H]1c1ccc(OCC)cc1. The number of fused-ring (bicyclic) bond motifs is 1. The Balaban J connectivity index is 1.64. The molecule has 0 fully saturated rings. The number of methoxy groups -OCH3 is 1. The molecule has 5 rings (SSSR count). The number of carbonyl (C=O) groups is 1. The van der Waals surface area contributed by atoms with Gasteiger partial charge >= 0.3 is 5.97 Å². The van der Waals surface area contributed by atoms with Gasteiger partial charge in [-0.2, -0.15) is 0 Å². The summed E-state index contributed by atoms with van der Waals surface area (Å²) in [6.07, 6.45) is 1.76. The Hall–Kier alpha value is -3.32. The Labute approximate surface area is 287 Å². The molecule has 0 spiro atoms. The zero-order valence-corrected chi connectivity index (χ0v) is 29.3. The summed E-state index contributed by atoms with van der Waals surface area (Å²) in [5.74, 6) is 1.13. The molecular formula is C33H29Cl2IN2O6S. The van der Waals surface area contributed by atoms with Crippen molar-refractivity contribution in [3.8, 4) is 17.2 Å². The fourth-order valence-corrected chi connectivity index (χ4v) is 6.92. The standard InChI is InChI=1S/C33H29Cl2IN2O6S/c1-5-42-23-10-8-20(9-11-23)29-28(32(40)43-6-2)18(3)37-33-38(29)31(39)27(45-33)15-21-14-22(36)16-26(41-4)30(21)44-17-19-7-12-24(34)25(35)13-19/h7-16,29H,5-6,17H2,1-4H3/b27-15-/t29-/m1/s1. The smallest absolute Gasteiger partial charge is 0.338 e. The van der Waals surface area contributed by atoms with Crippen LogP contribution in [0.2, 0.25) is 10.0 Å². The molecule has 3 aromatic carbocycles. The van der Waals surface area contributed by atoms with Crippen molar-refractivity contribution in [2.45, 2.75) is 33.4 Å². The molecule has 0 unspecified atom stereocenters. The van der Waals surface area contributed by atoms with Crippen LogP contribution < -0.4 is 29.1 Å². The Bertz CT molecular complexity index is 1970. The number of rotatable bonds is 10. The molecule has 45 heavy (non-hydrogen) atoms. The molecule has 234 valence electrons. The average molecular weight is 779 g/mol. The van der Waals surface area contributed by atoms with Crippen molar-refractivity contribution in [1.29, 1.82) is 0 Å². The second-order valence-electron chi connectivity index (χ2n) is 9.87. The lowest BCUT2D eigenvalue weighted by Crippen LogP contribution is -2.39. The van der Waals surface area contributed by atoms with Crippen molar-refractivity contribution in [2.75, 3.05) is 20.3 Å². The Morgan fingerprint density at radius 1 is 1.04 bits per heavy atom. The van der Waals surface area contributed by atoms with Crippen LogP contribution in [0.15, 0.2) is 75.7 Å². The molecule has 1 aliphatic rings. The molecule has 8 nitrogen and oxygen atoms in total. The number of carbonyl (C=O) groups excluding carboxylic acids is 1. The summed E-state index contributed by atoms with van der Waals surface area (Å²) in [7, 11) is 1.56. The number of hydrogen-bond acceptors (Lipinski definition) is 8. The zero-order valence-electron chi connectivity index (χ0n) is 24.9. The van der Waals surface area contributed by atoms with Crippen LogP contribution in [0.25, 0.3) is 6.08 Å². The van der Waals surface area contributed by atoms with Crippen molar-refractivity contribution in [1.82, 2.24) is 4.57 Å². The molecule has 1 aliphatic heterocycles. The minimum Gasteiger partial charge on any atom is -0.494 e. The van der Waals surface area contributed by atoms with E-state index in [0.29, 0.717) is 60.1 Å². The highest BCUT2D eigenvalue weighted by Crippen LogP contribution is 2.36. The van der Waals surface area contributed by atoms with E-state index in [0.717, 1.165) is 14.7 Å². The Morgan fingerprint density at radius 3 is 2.47 bits per heavy atom. The van der Waals surface area contributed by atoms with E-state index >= 15 is 0 Å². The van der Waals surface area contributed by atoms with Crippen molar-refractivity contribution in [3.63, 3.8) is 0 Å². The predicted octanol–water partition coefficient (Wildman–Crippen LogP) is 6.70. The summed E-state index contributed by atoms with van der Waals surface area (Å²) >= 11 is 15.7. The quantitative estimate of drug-likeness (QED) is 0.132. The van der Waals surface area contributed by atoms with Gasteiger partial charge in [-0.15, -0.1) is 0 Å². The number of benzene rings is 3. The largest absolute Gasteiger partial charge is 0.494 e. The maximum absolute atomic E-state index is 14.2. The maximum Gasteiger partial charge on any atom is 0.338 e. The molecule has 2 heterocycles. The average Bonchev–Trinajstić information content (AvgIpc) is 3.31. The van der Waals surface area contributed by atoms with E-state index in [1.165, 1.54) is 11.3 Å². The van der Waals surface area contributed by atoms with Gasteiger partial charge < -0.3 is 18.9 Å². The highest BCUT2D eigenvalue weighted by molar-refractivity contribution is 14.1. The third-order valence-corrected chi connectivity index (χ3v) is 9.29. The van der Waals surface area contributed by atoms with Crippen LogP contribution in [0.1, 0.15) is 43.5 Å². The van der Waals surface area contributed by atoms with E-state index < -0.39 is 12.0 Å². The van der Waals surface area contributed by atoms with Gasteiger partial charge in [0.05, 0.1) is 52.2 Å². The molecule has 0 radical (unpaired) electrons. The predicted molar refractivity (Wildman–Crippen MR) is 185 cm³/mol. The molecular weight excluding hydrogens is 750 g/mol. The number of ether oxygens (including phenoxy) is 4. The number of nitrogens with zero attached hydrogens (tertiary/aromatic N) is 2. The summed E-state index contributed by atoms with van der Waals surface area (Å²) in [4.78, 5) is 32.6. The van der Waals surface area contributed by atoms with E-state index in [1.807, 2.05) is 49.4 Å². The first-order valence-corrected chi connectivity index (χ1v) is 16.7. The Kier molecular flexibility index (Phi) is 10.6. The number of allylic oxidation sites excluding steroid dienone is 1. The van der Waals surface area contributed by atoms with Crippen LogP contribution in [0.4, 0.5) is 0 Å². The van der Waals surface area contributed by atoms with E-state index in [4.69, 9.17) is 42.1 Å². The number of thiazole rings is 1. The lowest BCUT2D eigenvalue weighted by atomic mass is 9.96. The highest BCUT2D eigenvalue weighted by Gasteiger charge is 2.33. The van der Waals surface area contributed by atoms with Crippen LogP contribution in [0, 0.1) is 3.57 Å². The van der Waals surface area contributed by atoms with Crippen molar-refractivity contribution < 1.29 is 23.7 Å². The maximum atomic E-state index is 14.2. The van der Waals surface area contributed by atoms with Crippen LogP contribution in [-0.4, -0.2) is 30.9 Å². The number of esters is 1. The summed E-state index contributed by atoms with van der Waals surface area (Å²) < 4.78 is 25.8. The van der Waals surface area contributed by atoms with Gasteiger partial charge in [0.2, 0.25) is 0 Å². The molecule has 0 saturated heterocycles. The van der Waals surface area contributed by atoms with Crippen LogP contribution in [0.3, 0.4) is 0 Å². The topological polar surface area (TPSA) is 88.4 Å². The Morgan fingerprint density at radius 2 is 1.80 bits per heavy atom. The fourth-order valence-electron chi connectivity index (χ4n) is 4.95. The van der Waals surface area contributed by atoms with Crippen LogP contribution in [0.5, 0.6) is 17.2 Å².